The van der Waals surface area contributed by atoms with E-state index in [2.05, 4.69) is 0 Å². The quantitative estimate of drug-likeness (QED) is 0.756. The average molecular weight is 198 g/mol. The molecule has 1 aromatic carbocycles. The molecule has 0 fully saturated rings. The predicted molar refractivity (Wildman–Crippen MR) is 52.0 cm³/mol. The van der Waals surface area contributed by atoms with Crippen LogP contribution in [-0.4, -0.2) is 31.0 Å². The molecule has 4 heteroatoms. The minimum atomic E-state index is 0.0160. The van der Waals surface area contributed by atoms with E-state index in [4.69, 9.17) is 14.6 Å². The third kappa shape index (κ3) is 2.09. The standard InChI is InChI=1S/C10H14O4/c1-13-9-6-10(14-2)8(12)5-7(9)3-4-11/h5-6,11-12H,3-4H2,1-2H3. The van der Waals surface area contributed by atoms with Crippen molar-refractivity contribution in [3.63, 3.8) is 0 Å². The maximum atomic E-state index is 9.48. The molecule has 78 valence electrons. The molecule has 1 aromatic rings. The Morgan fingerprint density at radius 2 is 1.79 bits per heavy atom. The zero-order valence-electron chi connectivity index (χ0n) is 8.28. The van der Waals surface area contributed by atoms with Crippen LogP contribution in [0, 0.1) is 0 Å². The number of benzene rings is 1. The van der Waals surface area contributed by atoms with Gasteiger partial charge in [0.15, 0.2) is 11.5 Å². The van der Waals surface area contributed by atoms with Crippen LogP contribution < -0.4 is 9.47 Å². The number of aliphatic hydroxyl groups is 1. The van der Waals surface area contributed by atoms with Gasteiger partial charge >= 0.3 is 0 Å². The van der Waals surface area contributed by atoms with Gasteiger partial charge in [0.05, 0.1) is 14.2 Å². The number of hydrogen-bond acceptors (Lipinski definition) is 4. The second-order valence-electron chi connectivity index (χ2n) is 2.81. The molecule has 0 aliphatic rings. The fourth-order valence-electron chi connectivity index (χ4n) is 1.26. The number of methoxy groups -OCH3 is 2. The van der Waals surface area contributed by atoms with Crippen molar-refractivity contribution < 1.29 is 19.7 Å². The van der Waals surface area contributed by atoms with Crippen LogP contribution in [0.15, 0.2) is 12.1 Å². The summed E-state index contributed by atoms with van der Waals surface area (Å²) in [4.78, 5) is 0. The maximum Gasteiger partial charge on any atom is 0.164 e. The van der Waals surface area contributed by atoms with Crippen LogP contribution in [-0.2, 0) is 6.42 Å². The van der Waals surface area contributed by atoms with Crippen molar-refractivity contribution in [2.24, 2.45) is 0 Å². The highest BCUT2D eigenvalue weighted by atomic mass is 16.5. The smallest absolute Gasteiger partial charge is 0.164 e. The first-order valence-corrected chi connectivity index (χ1v) is 4.27. The highest BCUT2D eigenvalue weighted by Gasteiger charge is 2.09. The lowest BCUT2D eigenvalue weighted by molar-refractivity contribution is 0.295. The van der Waals surface area contributed by atoms with Crippen molar-refractivity contribution in [2.45, 2.75) is 6.42 Å². The van der Waals surface area contributed by atoms with Crippen molar-refractivity contribution in [2.75, 3.05) is 20.8 Å². The Labute approximate surface area is 82.7 Å². The van der Waals surface area contributed by atoms with Crippen LogP contribution in [0.25, 0.3) is 0 Å². The summed E-state index contributed by atoms with van der Waals surface area (Å²) in [6.07, 6.45) is 0.445. The van der Waals surface area contributed by atoms with Gasteiger partial charge < -0.3 is 19.7 Å². The first-order valence-electron chi connectivity index (χ1n) is 4.27. The monoisotopic (exact) mass is 198 g/mol. The van der Waals surface area contributed by atoms with Gasteiger partial charge in [-0.25, -0.2) is 0 Å². The van der Waals surface area contributed by atoms with Gasteiger partial charge in [-0.15, -0.1) is 0 Å². The molecule has 1 rings (SSSR count). The SMILES string of the molecule is COc1cc(OC)c(CCO)cc1O. The van der Waals surface area contributed by atoms with E-state index in [1.54, 1.807) is 6.07 Å². The van der Waals surface area contributed by atoms with Crippen molar-refractivity contribution in [1.82, 2.24) is 0 Å². The number of phenolic OH excluding ortho intramolecular Hbond substituents is 1. The minimum absolute atomic E-state index is 0.0160. The maximum absolute atomic E-state index is 9.48. The van der Waals surface area contributed by atoms with Crippen LogP contribution >= 0.6 is 0 Å². The Morgan fingerprint density at radius 1 is 1.14 bits per heavy atom. The molecule has 0 spiro atoms. The van der Waals surface area contributed by atoms with E-state index in [0.717, 1.165) is 5.56 Å². The summed E-state index contributed by atoms with van der Waals surface area (Å²) in [6.45, 7) is 0.0160. The fourth-order valence-corrected chi connectivity index (χ4v) is 1.26. The summed E-state index contributed by atoms with van der Waals surface area (Å²) in [6, 6.07) is 3.13. The lowest BCUT2D eigenvalue weighted by atomic mass is 10.1. The Hall–Kier alpha value is -1.42. The topological polar surface area (TPSA) is 58.9 Å². The summed E-state index contributed by atoms with van der Waals surface area (Å²) in [7, 11) is 3.01. The van der Waals surface area contributed by atoms with E-state index in [0.29, 0.717) is 17.9 Å². The minimum Gasteiger partial charge on any atom is -0.504 e. The lowest BCUT2D eigenvalue weighted by Crippen LogP contribution is -1.96. The van der Waals surface area contributed by atoms with Gasteiger partial charge in [0.2, 0.25) is 0 Å². The molecule has 0 unspecified atom stereocenters. The molecule has 0 heterocycles. The van der Waals surface area contributed by atoms with Gasteiger partial charge in [-0.2, -0.15) is 0 Å². The number of hydrogen-bond donors (Lipinski definition) is 2. The molecule has 0 saturated carbocycles. The Balaban J connectivity index is 3.10. The van der Waals surface area contributed by atoms with Crippen molar-refractivity contribution in [3.8, 4) is 17.2 Å². The highest BCUT2D eigenvalue weighted by Crippen LogP contribution is 2.33. The highest BCUT2D eigenvalue weighted by molar-refractivity contribution is 5.49. The summed E-state index contributed by atoms with van der Waals surface area (Å²) in [5, 5.41) is 18.3. The summed E-state index contributed by atoms with van der Waals surface area (Å²) < 4.78 is 10.0. The van der Waals surface area contributed by atoms with Crippen LogP contribution in [0.2, 0.25) is 0 Å². The molecular formula is C10H14O4. The molecule has 0 aromatic heterocycles. The number of rotatable bonds is 4. The number of aromatic hydroxyl groups is 1. The lowest BCUT2D eigenvalue weighted by Gasteiger charge is -2.10. The van der Waals surface area contributed by atoms with Crippen LogP contribution in [0.1, 0.15) is 5.56 Å². The molecule has 0 bridgehead atoms. The summed E-state index contributed by atoms with van der Waals surface area (Å²) >= 11 is 0. The normalized spacial score (nSPS) is 9.93. The molecule has 2 N–H and O–H groups in total. The van der Waals surface area contributed by atoms with E-state index in [1.165, 1.54) is 20.3 Å². The van der Waals surface area contributed by atoms with Gasteiger partial charge in [0, 0.05) is 18.2 Å². The zero-order chi connectivity index (χ0) is 10.6. The van der Waals surface area contributed by atoms with E-state index >= 15 is 0 Å². The van der Waals surface area contributed by atoms with Crippen molar-refractivity contribution in [1.29, 1.82) is 0 Å². The van der Waals surface area contributed by atoms with Gasteiger partial charge in [0.1, 0.15) is 5.75 Å². The molecule has 0 radical (unpaired) electrons. The van der Waals surface area contributed by atoms with Crippen molar-refractivity contribution >= 4 is 0 Å². The molecule has 14 heavy (non-hydrogen) atoms. The molecule has 0 saturated heterocycles. The Kier molecular flexibility index (Phi) is 3.59. The molecule has 0 aliphatic carbocycles. The largest absolute Gasteiger partial charge is 0.504 e. The van der Waals surface area contributed by atoms with Crippen LogP contribution in [0.4, 0.5) is 0 Å². The Bertz CT molecular complexity index is 309. The average Bonchev–Trinajstić information content (AvgIpc) is 2.19. The van der Waals surface area contributed by atoms with E-state index in [9.17, 15) is 5.11 Å². The number of aliphatic hydroxyl groups excluding tert-OH is 1. The molecule has 4 nitrogen and oxygen atoms in total. The Morgan fingerprint density at radius 3 is 2.29 bits per heavy atom. The summed E-state index contributed by atoms with van der Waals surface area (Å²) in [5.41, 5.74) is 0.758. The third-order valence-corrected chi connectivity index (χ3v) is 1.96. The molecular weight excluding hydrogens is 184 g/mol. The number of phenols is 1. The van der Waals surface area contributed by atoms with E-state index in [1.807, 2.05) is 0 Å². The number of ether oxygens (including phenoxy) is 2. The van der Waals surface area contributed by atoms with Gasteiger partial charge in [-0.1, -0.05) is 0 Å². The predicted octanol–water partition coefficient (Wildman–Crippen LogP) is 0.944. The van der Waals surface area contributed by atoms with Gasteiger partial charge in [-0.05, 0) is 12.5 Å². The van der Waals surface area contributed by atoms with Crippen LogP contribution in [0.5, 0.6) is 17.2 Å². The second-order valence-corrected chi connectivity index (χ2v) is 2.81. The molecule has 0 atom stereocenters. The summed E-state index contributed by atoms with van der Waals surface area (Å²) in [5.74, 6) is 1.02. The van der Waals surface area contributed by atoms with Crippen LogP contribution in [0.3, 0.4) is 0 Å². The second kappa shape index (κ2) is 4.72. The van der Waals surface area contributed by atoms with Crippen molar-refractivity contribution in [3.05, 3.63) is 17.7 Å². The fraction of sp³-hybridized carbons (Fsp3) is 0.400. The van der Waals surface area contributed by atoms with Gasteiger partial charge in [-0.3, -0.25) is 0 Å². The van der Waals surface area contributed by atoms with E-state index in [-0.39, 0.29) is 12.4 Å². The first kappa shape index (κ1) is 10.7. The molecule has 0 aliphatic heterocycles. The molecule has 0 amide bonds. The van der Waals surface area contributed by atoms with Gasteiger partial charge in [0.25, 0.3) is 0 Å². The zero-order valence-corrected chi connectivity index (χ0v) is 8.28. The third-order valence-electron chi connectivity index (χ3n) is 1.96. The first-order chi connectivity index (χ1) is 6.72. The van der Waals surface area contributed by atoms with E-state index < -0.39 is 0 Å².